The van der Waals surface area contributed by atoms with Crippen molar-refractivity contribution in [3.63, 3.8) is 0 Å². The fourth-order valence-electron chi connectivity index (χ4n) is 4.00. The van der Waals surface area contributed by atoms with E-state index >= 15 is 0 Å². The Bertz CT molecular complexity index is 1170. The number of benzene rings is 1. The third kappa shape index (κ3) is 5.64. The smallest absolute Gasteiger partial charge is 0.320 e. The Hall–Kier alpha value is -3.21. The summed E-state index contributed by atoms with van der Waals surface area (Å²) in [6, 6.07) is 10.1. The number of aryl methyl sites for hydroxylation is 1. The second kappa shape index (κ2) is 10.8. The van der Waals surface area contributed by atoms with Crippen LogP contribution in [-0.4, -0.2) is 80.6 Å². The fourth-order valence-corrected chi connectivity index (χ4v) is 4.00. The molecule has 0 spiro atoms. The number of fused-ring (bicyclic) bond motifs is 1. The molecule has 2 aliphatic rings. The SMILES string of the molecule is Cc1ccc2occ/c(=N\Nc3cc(N4CCOCC4)nc(OCCN4CCOCC4)n3)c2c1. The fraction of sp³-hybridized carbons (Fsp3) is 0.458. The standard InChI is InChI=1S/C24H30N6O4/c1-18-2-3-21-19(16-18)20(4-10-33-21)27-28-22-17-23(30-8-13-32-14-9-30)26-24(25-22)34-15-7-29-5-11-31-12-6-29/h2-4,10,16-17H,5-9,11-15H2,1H3,(H,25,26,28)/b27-20+. The first-order chi connectivity index (χ1) is 16.7. The first-order valence-electron chi connectivity index (χ1n) is 11.7. The Labute approximate surface area is 198 Å². The van der Waals surface area contributed by atoms with Crippen LogP contribution in [0.25, 0.3) is 11.0 Å². The zero-order valence-electron chi connectivity index (χ0n) is 19.4. The molecule has 4 heterocycles. The van der Waals surface area contributed by atoms with Crippen LogP contribution in [0.3, 0.4) is 0 Å². The lowest BCUT2D eigenvalue weighted by atomic mass is 10.1. The van der Waals surface area contributed by atoms with Crippen molar-refractivity contribution in [1.82, 2.24) is 14.9 Å². The third-order valence-corrected chi connectivity index (χ3v) is 5.89. The predicted molar refractivity (Wildman–Crippen MR) is 128 cm³/mol. The Kier molecular flexibility index (Phi) is 7.18. The summed E-state index contributed by atoms with van der Waals surface area (Å²) < 4.78 is 22.5. The molecule has 0 atom stereocenters. The molecule has 10 nitrogen and oxygen atoms in total. The molecule has 2 fully saturated rings. The van der Waals surface area contributed by atoms with Crippen LogP contribution >= 0.6 is 0 Å². The highest BCUT2D eigenvalue weighted by molar-refractivity contribution is 5.76. The summed E-state index contributed by atoms with van der Waals surface area (Å²) in [5.41, 5.74) is 5.01. The van der Waals surface area contributed by atoms with Gasteiger partial charge < -0.3 is 23.5 Å². The molecule has 2 aromatic heterocycles. The molecule has 0 saturated carbocycles. The van der Waals surface area contributed by atoms with Crippen LogP contribution in [0.15, 0.2) is 46.1 Å². The quantitative estimate of drug-likeness (QED) is 0.524. The molecule has 5 rings (SSSR count). The molecule has 3 aromatic rings. The van der Waals surface area contributed by atoms with E-state index in [1.807, 2.05) is 31.2 Å². The topological polar surface area (TPSA) is 97.5 Å². The number of aromatic nitrogens is 2. The minimum Gasteiger partial charge on any atom is -0.464 e. The first-order valence-corrected chi connectivity index (χ1v) is 11.7. The van der Waals surface area contributed by atoms with E-state index in [1.54, 1.807) is 6.26 Å². The number of anilines is 2. The van der Waals surface area contributed by atoms with Gasteiger partial charge in [-0.2, -0.15) is 15.1 Å². The van der Waals surface area contributed by atoms with Crippen LogP contribution in [0.5, 0.6) is 6.01 Å². The van der Waals surface area contributed by atoms with Crippen LogP contribution in [0.1, 0.15) is 5.56 Å². The number of nitrogens with one attached hydrogen (secondary N) is 1. The molecule has 0 aliphatic carbocycles. The normalized spacial score (nSPS) is 17.8. The molecule has 0 unspecified atom stereocenters. The number of rotatable bonds is 7. The predicted octanol–water partition coefficient (Wildman–Crippen LogP) is 2.01. The molecule has 0 amide bonds. The van der Waals surface area contributed by atoms with E-state index in [-0.39, 0.29) is 0 Å². The van der Waals surface area contributed by atoms with E-state index in [0.717, 1.165) is 73.6 Å². The Morgan fingerprint density at radius 3 is 2.62 bits per heavy atom. The Morgan fingerprint density at radius 2 is 1.79 bits per heavy atom. The van der Waals surface area contributed by atoms with E-state index in [0.29, 0.717) is 31.6 Å². The Morgan fingerprint density at radius 1 is 1.00 bits per heavy atom. The molecule has 1 N–H and O–H groups in total. The molecule has 2 aliphatic heterocycles. The van der Waals surface area contributed by atoms with Crippen LogP contribution in [0, 0.1) is 6.92 Å². The van der Waals surface area contributed by atoms with E-state index in [1.165, 1.54) is 0 Å². The van der Waals surface area contributed by atoms with Crippen molar-refractivity contribution in [3.8, 4) is 6.01 Å². The van der Waals surface area contributed by atoms with Crippen LogP contribution in [0.2, 0.25) is 0 Å². The van der Waals surface area contributed by atoms with Crippen molar-refractivity contribution >= 4 is 22.6 Å². The summed E-state index contributed by atoms with van der Waals surface area (Å²) in [5.74, 6) is 1.36. The van der Waals surface area contributed by atoms with Crippen molar-refractivity contribution in [2.75, 3.05) is 76.1 Å². The van der Waals surface area contributed by atoms with Gasteiger partial charge in [0.2, 0.25) is 0 Å². The summed E-state index contributed by atoms with van der Waals surface area (Å²) in [5, 5.41) is 6.31. The maximum Gasteiger partial charge on any atom is 0.320 e. The van der Waals surface area contributed by atoms with Crippen LogP contribution in [-0.2, 0) is 9.47 Å². The van der Waals surface area contributed by atoms with Gasteiger partial charge in [0.15, 0.2) is 5.82 Å². The maximum atomic E-state index is 5.96. The zero-order chi connectivity index (χ0) is 23.2. The van der Waals surface area contributed by atoms with Gasteiger partial charge in [-0.15, -0.1) is 0 Å². The number of hydrogen-bond donors (Lipinski definition) is 1. The Balaban J connectivity index is 1.37. The molecular formula is C24H30N6O4. The van der Waals surface area contributed by atoms with E-state index in [4.69, 9.17) is 18.6 Å². The minimum atomic E-state index is 0.332. The highest BCUT2D eigenvalue weighted by Crippen LogP contribution is 2.21. The van der Waals surface area contributed by atoms with E-state index in [2.05, 4.69) is 36.4 Å². The number of nitrogens with zero attached hydrogens (tertiary/aromatic N) is 5. The van der Waals surface area contributed by atoms with Gasteiger partial charge in [0, 0.05) is 50.2 Å². The largest absolute Gasteiger partial charge is 0.464 e. The van der Waals surface area contributed by atoms with Crippen molar-refractivity contribution in [1.29, 1.82) is 0 Å². The highest BCUT2D eigenvalue weighted by Gasteiger charge is 2.16. The summed E-state index contributed by atoms with van der Waals surface area (Å²) in [6.07, 6.45) is 1.64. The van der Waals surface area contributed by atoms with Gasteiger partial charge in [0.05, 0.1) is 38.0 Å². The van der Waals surface area contributed by atoms with Crippen molar-refractivity contribution in [2.45, 2.75) is 6.92 Å². The van der Waals surface area contributed by atoms with Gasteiger partial charge in [-0.3, -0.25) is 10.3 Å². The first kappa shape index (κ1) is 22.6. The second-order valence-electron chi connectivity index (χ2n) is 8.32. The summed E-state index contributed by atoms with van der Waals surface area (Å²) >= 11 is 0. The van der Waals surface area contributed by atoms with Crippen molar-refractivity contribution in [3.05, 3.63) is 47.5 Å². The van der Waals surface area contributed by atoms with Gasteiger partial charge in [-0.1, -0.05) is 11.6 Å². The van der Waals surface area contributed by atoms with Gasteiger partial charge in [0.25, 0.3) is 0 Å². The number of hydrogen-bond acceptors (Lipinski definition) is 10. The molecule has 1 aromatic carbocycles. The lowest BCUT2D eigenvalue weighted by Gasteiger charge is -2.28. The molecule has 2 saturated heterocycles. The molecule has 0 bridgehead atoms. The third-order valence-electron chi connectivity index (χ3n) is 5.89. The summed E-state index contributed by atoms with van der Waals surface area (Å²) in [7, 11) is 0. The number of morpholine rings is 2. The molecule has 180 valence electrons. The van der Waals surface area contributed by atoms with Gasteiger partial charge in [-0.05, 0) is 19.1 Å². The highest BCUT2D eigenvalue weighted by atomic mass is 16.5. The van der Waals surface area contributed by atoms with Crippen molar-refractivity contribution in [2.24, 2.45) is 5.10 Å². The van der Waals surface area contributed by atoms with Crippen LogP contribution in [0.4, 0.5) is 11.6 Å². The maximum absolute atomic E-state index is 5.96. The average molecular weight is 467 g/mol. The minimum absolute atomic E-state index is 0.332. The van der Waals surface area contributed by atoms with E-state index < -0.39 is 0 Å². The summed E-state index contributed by atoms with van der Waals surface area (Å²) in [4.78, 5) is 13.7. The lowest BCUT2D eigenvalue weighted by molar-refractivity contribution is 0.0317. The zero-order valence-corrected chi connectivity index (χ0v) is 19.4. The van der Waals surface area contributed by atoms with E-state index in [9.17, 15) is 0 Å². The van der Waals surface area contributed by atoms with Crippen LogP contribution < -0.4 is 20.4 Å². The van der Waals surface area contributed by atoms with Gasteiger partial charge in [-0.25, -0.2) is 0 Å². The summed E-state index contributed by atoms with van der Waals surface area (Å²) in [6.45, 7) is 9.60. The molecule has 10 heteroatoms. The lowest BCUT2D eigenvalue weighted by Crippen LogP contribution is -2.39. The molecule has 34 heavy (non-hydrogen) atoms. The van der Waals surface area contributed by atoms with Crippen molar-refractivity contribution < 1.29 is 18.6 Å². The average Bonchev–Trinajstić information content (AvgIpc) is 2.88. The monoisotopic (exact) mass is 466 g/mol. The molecular weight excluding hydrogens is 436 g/mol. The number of ether oxygens (including phenoxy) is 3. The van der Waals surface area contributed by atoms with Gasteiger partial charge >= 0.3 is 6.01 Å². The second-order valence-corrected chi connectivity index (χ2v) is 8.32. The van der Waals surface area contributed by atoms with Gasteiger partial charge in [0.1, 0.15) is 18.0 Å². The molecule has 0 radical (unpaired) electrons.